The van der Waals surface area contributed by atoms with Crippen molar-refractivity contribution in [3.05, 3.63) is 17.9 Å². The number of likely N-dealkylation sites (N-methyl/N-ethyl adjacent to an activating group) is 1. The molecule has 0 spiro atoms. The molecule has 1 saturated carbocycles. The molecule has 0 unspecified atom stereocenters. The number of fused-ring (bicyclic) bond motifs is 1. The van der Waals surface area contributed by atoms with Crippen LogP contribution in [-0.4, -0.2) is 41.2 Å². The first-order valence-electron chi connectivity index (χ1n) is 7.13. The summed E-state index contributed by atoms with van der Waals surface area (Å²) >= 11 is 0. The Morgan fingerprint density at radius 2 is 2.14 bits per heavy atom. The van der Waals surface area contributed by atoms with Gasteiger partial charge in [-0.25, -0.2) is 9.37 Å². The summed E-state index contributed by atoms with van der Waals surface area (Å²) in [5.41, 5.74) is 7.55. The van der Waals surface area contributed by atoms with Crippen molar-refractivity contribution in [3.8, 4) is 5.75 Å². The summed E-state index contributed by atoms with van der Waals surface area (Å²) in [6.07, 6.45) is 3.50. The third-order valence-electron chi connectivity index (χ3n) is 4.74. The maximum absolute atomic E-state index is 13.8. The first-order valence-corrected chi connectivity index (χ1v) is 7.13. The average Bonchev–Trinajstić information content (AvgIpc) is 2.67. The number of nitrogen functional groups attached to an aromatic ring is 1. The van der Waals surface area contributed by atoms with Gasteiger partial charge in [0, 0.05) is 24.2 Å². The minimum atomic E-state index is -0.416. The Labute approximate surface area is 123 Å². The molecule has 2 N–H and O–H groups in total. The lowest BCUT2D eigenvalue weighted by Crippen LogP contribution is -2.53. The zero-order chi connectivity index (χ0) is 15.2. The van der Waals surface area contributed by atoms with Crippen molar-refractivity contribution in [1.82, 2.24) is 14.5 Å². The van der Waals surface area contributed by atoms with Gasteiger partial charge in [0.25, 0.3) is 0 Å². The van der Waals surface area contributed by atoms with Gasteiger partial charge in [-0.15, -0.1) is 0 Å². The van der Waals surface area contributed by atoms with E-state index in [-0.39, 0.29) is 11.3 Å². The molecule has 1 aliphatic carbocycles. The second kappa shape index (κ2) is 4.87. The monoisotopic (exact) mass is 292 g/mol. The summed E-state index contributed by atoms with van der Waals surface area (Å²) in [7, 11) is 5.64. The average molecular weight is 292 g/mol. The number of hydrogen-bond acceptors (Lipinski definition) is 4. The van der Waals surface area contributed by atoms with Gasteiger partial charge >= 0.3 is 0 Å². The number of benzene rings is 1. The molecule has 114 valence electrons. The van der Waals surface area contributed by atoms with Gasteiger partial charge in [-0.2, -0.15) is 0 Å². The Balaban J connectivity index is 2.07. The Morgan fingerprint density at radius 1 is 1.43 bits per heavy atom. The van der Waals surface area contributed by atoms with E-state index in [0.29, 0.717) is 11.5 Å². The summed E-state index contributed by atoms with van der Waals surface area (Å²) in [6, 6.07) is 3.06. The molecule has 1 aromatic carbocycles. The Kier molecular flexibility index (Phi) is 3.28. The zero-order valence-corrected chi connectivity index (χ0v) is 12.7. The van der Waals surface area contributed by atoms with Gasteiger partial charge in [0.05, 0.1) is 18.1 Å². The van der Waals surface area contributed by atoms with Crippen molar-refractivity contribution in [2.45, 2.75) is 31.3 Å². The number of ether oxygens (including phenoxy) is 1. The maximum atomic E-state index is 13.8. The minimum Gasteiger partial charge on any atom is -0.494 e. The number of anilines is 1. The molecule has 0 saturated heterocycles. The molecule has 0 bridgehead atoms. The van der Waals surface area contributed by atoms with Gasteiger partial charge in [-0.05, 0) is 33.4 Å². The normalized spacial score (nSPS) is 17.2. The van der Waals surface area contributed by atoms with Crippen molar-refractivity contribution >= 4 is 17.0 Å². The van der Waals surface area contributed by atoms with Gasteiger partial charge in [-0.3, -0.25) is 0 Å². The molecule has 0 aliphatic heterocycles. The van der Waals surface area contributed by atoms with Crippen LogP contribution in [0.3, 0.4) is 0 Å². The highest BCUT2D eigenvalue weighted by Gasteiger charge is 2.40. The van der Waals surface area contributed by atoms with Crippen LogP contribution in [0.4, 0.5) is 10.3 Å². The van der Waals surface area contributed by atoms with E-state index in [1.807, 2.05) is 4.57 Å². The Hall–Kier alpha value is -1.82. The minimum absolute atomic E-state index is 0.114. The molecule has 1 aromatic heterocycles. The maximum Gasteiger partial charge on any atom is 0.201 e. The van der Waals surface area contributed by atoms with Crippen LogP contribution in [0.25, 0.3) is 11.0 Å². The van der Waals surface area contributed by atoms with E-state index in [2.05, 4.69) is 24.0 Å². The van der Waals surface area contributed by atoms with Crippen molar-refractivity contribution in [3.63, 3.8) is 0 Å². The topological polar surface area (TPSA) is 56.3 Å². The highest BCUT2D eigenvalue weighted by Crippen LogP contribution is 2.39. The lowest BCUT2D eigenvalue weighted by Gasteiger charge is -2.47. The summed E-state index contributed by atoms with van der Waals surface area (Å²) in [5.74, 6) is 0.225. The van der Waals surface area contributed by atoms with E-state index < -0.39 is 5.82 Å². The van der Waals surface area contributed by atoms with Crippen LogP contribution in [-0.2, 0) is 6.54 Å². The third-order valence-corrected chi connectivity index (χ3v) is 4.74. The fourth-order valence-electron chi connectivity index (χ4n) is 3.09. The highest BCUT2D eigenvalue weighted by molar-refractivity contribution is 5.80. The van der Waals surface area contributed by atoms with Crippen LogP contribution in [0.15, 0.2) is 12.1 Å². The van der Waals surface area contributed by atoms with Gasteiger partial charge in [0.1, 0.15) is 0 Å². The van der Waals surface area contributed by atoms with E-state index in [1.54, 1.807) is 6.07 Å². The Morgan fingerprint density at radius 3 is 2.67 bits per heavy atom. The molecule has 1 aliphatic rings. The summed E-state index contributed by atoms with van der Waals surface area (Å²) in [4.78, 5) is 6.53. The third kappa shape index (κ3) is 2.14. The molecular weight excluding hydrogens is 271 g/mol. The first-order chi connectivity index (χ1) is 9.97. The van der Waals surface area contributed by atoms with Crippen molar-refractivity contribution in [2.75, 3.05) is 26.9 Å². The van der Waals surface area contributed by atoms with Crippen LogP contribution in [0, 0.1) is 5.82 Å². The van der Waals surface area contributed by atoms with E-state index in [0.717, 1.165) is 24.9 Å². The van der Waals surface area contributed by atoms with E-state index >= 15 is 0 Å². The van der Waals surface area contributed by atoms with Crippen LogP contribution in [0.1, 0.15) is 19.3 Å². The van der Waals surface area contributed by atoms with Gasteiger partial charge in [0.2, 0.25) is 5.95 Å². The molecule has 1 heterocycles. The number of rotatable bonds is 4. The number of methoxy groups -OCH3 is 1. The SMILES string of the molecule is COc1cc2c(cc1F)nc(N)n2CC1(N(C)C)CCC1. The van der Waals surface area contributed by atoms with Gasteiger partial charge < -0.3 is 19.9 Å². The molecule has 2 aromatic rings. The molecule has 21 heavy (non-hydrogen) atoms. The molecule has 6 heteroatoms. The fraction of sp³-hybridized carbons (Fsp3) is 0.533. The van der Waals surface area contributed by atoms with Crippen LogP contribution in [0.5, 0.6) is 5.75 Å². The van der Waals surface area contributed by atoms with Crippen LogP contribution >= 0.6 is 0 Å². The predicted molar refractivity (Wildman–Crippen MR) is 80.9 cm³/mol. The largest absolute Gasteiger partial charge is 0.494 e. The first kappa shape index (κ1) is 14.1. The van der Waals surface area contributed by atoms with Crippen LogP contribution < -0.4 is 10.5 Å². The summed E-state index contributed by atoms with van der Waals surface area (Å²) in [6.45, 7) is 0.761. The van der Waals surface area contributed by atoms with Gasteiger partial charge in [0.15, 0.2) is 11.6 Å². The standard InChI is InChI=1S/C15H21FN4O/c1-19(2)15(5-4-6-15)9-20-12-8-13(21-3)10(16)7-11(12)18-14(20)17/h7-8H,4-6,9H2,1-3H3,(H2,17,18). The second-order valence-corrected chi connectivity index (χ2v) is 6.00. The molecule has 0 atom stereocenters. The van der Waals surface area contributed by atoms with E-state index in [1.165, 1.54) is 19.6 Å². The van der Waals surface area contributed by atoms with Crippen LogP contribution in [0.2, 0.25) is 0 Å². The number of imidazole rings is 1. The molecule has 0 radical (unpaired) electrons. The molecule has 0 amide bonds. The summed E-state index contributed by atoms with van der Waals surface area (Å²) in [5, 5.41) is 0. The zero-order valence-electron chi connectivity index (χ0n) is 12.7. The smallest absolute Gasteiger partial charge is 0.201 e. The van der Waals surface area contributed by atoms with Crippen molar-refractivity contribution in [2.24, 2.45) is 0 Å². The number of nitrogens with two attached hydrogens (primary N) is 1. The fourth-order valence-corrected chi connectivity index (χ4v) is 3.09. The summed E-state index contributed by atoms with van der Waals surface area (Å²) < 4.78 is 20.8. The quantitative estimate of drug-likeness (QED) is 0.939. The number of aromatic nitrogens is 2. The van der Waals surface area contributed by atoms with Gasteiger partial charge in [-0.1, -0.05) is 0 Å². The number of nitrogens with zero attached hydrogens (tertiary/aromatic N) is 3. The predicted octanol–water partition coefficient (Wildman–Crippen LogP) is 2.25. The van der Waals surface area contributed by atoms with E-state index in [9.17, 15) is 4.39 Å². The number of halogens is 1. The van der Waals surface area contributed by atoms with Crippen molar-refractivity contribution < 1.29 is 9.13 Å². The molecule has 3 rings (SSSR count). The lowest BCUT2D eigenvalue weighted by molar-refractivity contribution is 0.0440. The highest BCUT2D eigenvalue weighted by atomic mass is 19.1. The number of hydrogen-bond donors (Lipinski definition) is 1. The second-order valence-electron chi connectivity index (χ2n) is 6.00. The molecule has 1 fully saturated rings. The van der Waals surface area contributed by atoms with Crippen molar-refractivity contribution in [1.29, 1.82) is 0 Å². The molecular formula is C15H21FN4O. The van der Waals surface area contributed by atoms with E-state index in [4.69, 9.17) is 10.5 Å². The lowest BCUT2D eigenvalue weighted by atomic mass is 9.75. The molecule has 5 nitrogen and oxygen atoms in total. The Bertz CT molecular complexity index is 676.